The molecule has 9 heteroatoms. The van der Waals surface area contributed by atoms with Gasteiger partial charge in [0.05, 0.1) is 5.75 Å². The smallest absolute Gasteiger partial charge is 0.319 e. The van der Waals surface area contributed by atoms with Crippen LogP contribution < -0.4 is 11.3 Å². The molecule has 6 nitrogen and oxygen atoms in total. The molecule has 2 heterocycles. The van der Waals surface area contributed by atoms with Crippen LogP contribution in [0.15, 0.2) is 28.4 Å². The second-order valence-electron chi connectivity index (χ2n) is 3.29. The Bertz CT molecular complexity index is 597. The van der Waals surface area contributed by atoms with Crippen LogP contribution in [0.4, 0.5) is 14.6 Å². The van der Waals surface area contributed by atoms with Crippen molar-refractivity contribution in [2.75, 3.05) is 5.73 Å². The number of nitrogens with zero attached hydrogens (tertiary/aromatic N) is 3. The number of aromatic amines is 1. The highest BCUT2D eigenvalue weighted by atomic mass is 32.2. The molecule has 0 unspecified atom stereocenters. The Morgan fingerprint density at radius 2 is 2.33 bits per heavy atom. The molecule has 0 bridgehead atoms. The number of nitrogens with two attached hydrogens (primary N) is 1. The number of rotatable bonds is 4. The van der Waals surface area contributed by atoms with E-state index in [1.807, 2.05) is 0 Å². The predicted octanol–water partition coefficient (Wildman–Crippen LogP) is 1.24. The minimum Gasteiger partial charge on any atom is -0.383 e. The second kappa shape index (κ2) is 5.17. The van der Waals surface area contributed by atoms with Gasteiger partial charge in [0, 0.05) is 18.5 Å². The molecule has 96 valence electrons. The minimum absolute atomic E-state index is 0.0819. The predicted molar refractivity (Wildman–Crippen MR) is 62.3 cm³/mol. The van der Waals surface area contributed by atoms with E-state index in [0.29, 0.717) is 0 Å². The van der Waals surface area contributed by atoms with Crippen molar-refractivity contribution in [3.63, 3.8) is 0 Å². The van der Waals surface area contributed by atoms with Crippen LogP contribution in [0.2, 0.25) is 0 Å². The van der Waals surface area contributed by atoms with E-state index in [4.69, 9.17) is 5.73 Å². The highest BCUT2D eigenvalue weighted by Crippen LogP contribution is 2.20. The molecule has 0 radical (unpaired) electrons. The molecule has 2 aromatic rings. The van der Waals surface area contributed by atoms with Crippen molar-refractivity contribution in [2.45, 2.75) is 17.5 Å². The SMILES string of the molecule is Nc1cc(=O)[nH]c(SCc2nccn2C(F)F)n1. The van der Waals surface area contributed by atoms with Crippen LogP contribution in [0.25, 0.3) is 0 Å². The van der Waals surface area contributed by atoms with Crippen molar-refractivity contribution in [1.82, 2.24) is 19.5 Å². The summed E-state index contributed by atoms with van der Waals surface area (Å²) in [5, 5.41) is 0.267. The molecule has 18 heavy (non-hydrogen) atoms. The lowest BCUT2D eigenvalue weighted by atomic mass is 10.6. The lowest BCUT2D eigenvalue weighted by Gasteiger charge is -2.05. The van der Waals surface area contributed by atoms with Crippen molar-refractivity contribution in [3.05, 3.63) is 34.6 Å². The Morgan fingerprint density at radius 1 is 1.56 bits per heavy atom. The fourth-order valence-electron chi connectivity index (χ4n) is 1.29. The standard InChI is InChI=1S/C9H9F2N5OS/c10-8(11)16-2-1-13-6(16)4-18-9-14-5(12)3-7(17)15-9/h1-3,8H,4H2,(H3,12,14,15,17). The van der Waals surface area contributed by atoms with E-state index in [2.05, 4.69) is 15.0 Å². The molecular weight excluding hydrogens is 264 g/mol. The number of hydrogen-bond donors (Lipinski definition) is 2. The van der Waals surface area contributed by atoms with E-state index in [1.165, 1.54) is 12.4 Å². The molecule has 3 N–H and O–H groups in total. The summed E-state index contributed by atoms with van der Waals surface area (Å²) in [7, 11) is 0. The maximum Gasteiger partial charge on any atom is 0.319 e. The molecule has 0 amide bonds. The molecule has 0 spiro atoms. The van der Waals surface area contributed by atoms with Crippen LogP contribution in [0.1, 0.15) is 12.4 Å². The Hall–Kier alpha value is -1.90. The zero-order valence-electron chi connectivity index (χ0n) is 9.01. The lowest BCUT2D eigenvalue weighted by Crippen LogP contribution is -2.10. The number of H-pyrrole nitrogens is 1. The largest absolute Gasteiger partial charge is 0.383 e. The maximum absolute atomic E-state index is 12.5. The molecule has 0 aromatic carbocycles. The van der Waals surface area contributed by atoms with Crippen molar-refractivity contribution in [1.29, 1.82) is 0 Å². The quantitative estimate of drug-likeness (QED) is 0.646. The zero-order chi connectivity index (χ0) is 13.1. The molecule has 0 saturated carbocycles. The zero-order valence-corrected chi connectivity index (χ0v) is 9.82. The van der Waals surface area contributed by atoms with Gasteiger partial charge in [-0.15, -0.1) is 0 Å². The van der Waals surface area contributed by atoms with Crippen molar-refractivity contribution >= 4 is 17.6 Å². The van der Waals surface area contributed by atoms with E-state index in [0.717, 1.165) is 22.4 Å². The number of alkyl halides is 2. The van der Waals surface area contributed by atoms with Crippen molar-refractivity contribution < 1.29 is 8.78 Å². The Kier molecular flexibility index (Phi) is 3.60. The summed E-state index contributed by atoms with van der Waals surface area (Å²) in [4.78, 5) is 21.2. The van der Waals surface area contributed by atoms with E-state index in [1.54, 1.807) is 0 Å². The van der Waals surface area contributed by atoms with Crippen LogP contribution in [0.5, 0.6) is 0 Å². The molecule has 2 aromatic heterocycles. The van der Waals surface area contributed by atoms with Crippen molar-refractivity contribution in [3.8, 4) is 0 Å². The van der Waals surface area contributed by atoms with Crippen LogP contribution in [-0.2, 0) is 5.75 Å². The van der Waals surface area contributed by atoms with E-state index < -0.39 is 6.55 Å². The van der Waals surface area contributed by atoms with Crippen LogP contribution in [-0.4, -0.2) is 19.5 Å². The monoisotopic (exact) mass is 273 g/mol. The Balaban J connectivity index is 2.11. The first kappa shape index (κ1) is 12.6. The third-order valence-electron chi connectivity index (χ3n) is 2.04. The molecule has 0 aliphatic carbocycles. The molecule has 0 atom stereocenters. The summed E-state index contributed by atoms with van der Waals surface area (Å²) in [5.41, 5.74) is 5.01. The number of imidazole rings is 1. The van der Waals surface area contributed by atoms with Gasteiger partial charge in [-0.25, -0.2) is 9.97 Å². The van der Waals surface area contributed by atoms with E-state index >= 15 is 0 Å². The summed E-state index contributed by atoms with van der Waals surface area (Å²) >= 11 is 1.07. The molecular formula is C9H9F2N5OS. The second-order valence-corrected chi connectivity index (χ2v) is 4.26. The highest BCUT2D eigenvalue weighted by molar-refractivity contribution is 7.98. The van der Waals surface area contributed by atoms with E-state index in [-0.39, 0.29) is 28.1 Å². The number of hydrogen-bond acceptors (Lipinski definition) is 5. The third kappa shape index (κ3) is 2.86. The summed E-state index contributed by atoms with van der Waals surface area (Å²) in [6.07, 6.45) is 2.48. The van der Waals surface area contributed by atoms with Crippen LogP contribution in [0.3, 0.4) is 0 Å². The van der Waals surface area contributed by atoms with Gasteiger partial charge in [-0.05, 0) is 0 Å². The number of nitrogen functional groups attached to an aromatic ring is 1. The highest BCUT2D eigenvalue weighted by Gasteiger charge is 2.12. The lowest BCUT2D eigenvalue weighted by molar-refractivity contribution is 0.0678. The average Bonchev–Trinajstić information content (AvgIpc) is 2.73. The summed E-state index contributed by atoms with van der Waals surface area (Å²) < 4.78 is 25.8. The van der Waals surface area contributed by atoms with Crippen LogP contribution in [0, 0.1) is 0 Å². The Labute approximate surface area is 104 Å². The molecule has 2 rings (SSSR count). The minimum atomic E-state index is -2.64. The number of anilines is 1. The number of aromatic nitrogens is 4. The normalized spacial score (nSPS) is 11.1. The van der Waals surface area contributed by atoms with Gasteiger partial charge in [0.2, 0.25) is 0 Å². The van der Waals surface area contributed by atoms with E-state index in [9.17, 15) is 13.6 Å². The first-order valence-electron chi connectivity index (χ1n) is 4.86. The van der Waals surface area contributed by atoms with Gasteiger partial charge < -0.3 is 10.7 Å². The fourth-order valence-corrected chi connectivity index (χ4v) is 2.12. The fraction of sp³-hybridized carbons (Fsp3) is 0.222. The van der Waals surface area contributed by atoms with Gasteiger partial charge in [-0.1, -0.05) is 11.8 Å². The van der Waals surface area contributed by atoms with Gasteiger partial charge in [0.25, 0.3) is 5.56 Å². The summed E-state index contributed by atoms with van der Waals surface area (Å²) in [6.45, 7) is -2.64. The molecule has 0 saturated heterocycles. The first-order valence-corrected chi connectivity index (χ1v) is 5.84. The molecule has 0 aliphatic rings. The van der Waals surface area contributed by atoms with Crippen molar-refractivity contribution in [2.24, 2.45) is 0 Å². The van der Waals surface area contributed by atoms with Crippen LogP contribution >= 0.6 is 11.8 Å². The van der Waals surface area contributed by atoms with Gasteiger partial charge in [0.1, 0.15) is 11.6 Å². The van der Waals surface area contributed by atoms with Gasteiger partial charge >= 0.3 is 6.55 Å². The van der Waals surface area contributed by atoms with Gasteiger partial charge in [-0.3, -0.25) is 9.36 Å². The van der Waals surface area contributed by atoms with Gasteiger partial charge in [0.15, 0.2) is 5.16 Å². The number of halogens is 2. The number of thioether (sulfide) groups is 1. The topological polar surface area (TPSA) is 89.6 Å². The molecule has 0 aliphatic heterocycles. The maximum atomic E-state index is 12.5. The first-order chi connectivity index (χ1) is 8.56. The summed E-state index contributed by atoms with van der Waals surface area (Å²) in [6, 6.07) is 1.14. The third-order valence-corrected chi connectivity index (χ3v) is 2.91. The van der Waals surface area contributed by atoms with Gasteiger partial charge in [-0.2, -0.15) is 8.78 Å². The summed E-state index contributed by atoms with van der Waals surface area (Å²) in [5.74, 6) is 0.433. The number of nitrogens with one attached hydrogen (secondary N) is 1. The Morgan fingerprint density at radius 3 is 3.00 bits per heavy atom. The average molecular weight is 273 g/mol. The molecule has 0 fully saturated rings.